The molecule has 0 N–H and O–H groups in total. The Kier molecular flexibility index (Phi) is 2.92. The van der Waals surface area contributed by atoms with Gasteiger partial charge in [-0.05, 0) is 80.4 Å². The number of rotatable bonds is 2. The van der Waals surface area contributed by atoms with Gasteiger partial charge in [-0.25, -0.2) is 0 Å². The normalized spacial score (nSPS) is 42.4. The highest BCUT2D eigenvalue weighted by atomic mass is 15.2. The van der Waals surface area contributed by atoms with Crippen molar-refractivity contribution >= 4 is 0 Å². The lowest BCUT2D eigenvalue weighted by molar-refractivity contribution is -0.0406. The summed E-state index contributed by atoms with van der Waals surface area (Å²) in [7, 11) is 0. The molecule has 1 aromatic carbocycles. The molecule has 0 amide bonds. The van der Waals surface area contributed by atoms with E-state index in [1.165, 1.54) is 57.2 Å². The second-order valence-corrected chi connectivity index (χ2v) is 9.58. The molecule has 4 aliphatic rings. The van der Waals surface area contributed by atoms with E-state index >= 15 is 0 Å². The SMILES string of the molecule is Cc1ccc2c(c1)C13CCN(CC4CC4)C(C2)C1(C)C[C@H](C)C3. The summed E-state index contributed by atoms with van der Waals surface area (Å²) in [6.45, 7) is 10.2. The zero-order chi connectivity index (χ0) is 15.8. The van der Waals surface area contributed by atoms with Crippen molar-refractivity contribution in [1.29, 1.82) is 0 Å². The fraction of sp³-hybridized carbons (Fsp3) is 0.727. The lowest BCUT2D eigenvalue weighted by atomic mass is 9.51. The third kappa shape index (κ3) is 1.89. The Hall–Kier alpha value is -0.820. The Balaban J connectivity index is 1.64. The van der Waals surface area contributed by atoms with Crippen LogP contribution in [0.1, 0.15) is 62.6 Å². The van der Waals surface area contributed by atoms with Crippen LogP contribution in [-0.2, 0) is 11.8 Å². The molecular formula is C22H31N. The number of fused-ring (bicyclic) bond motifs is 1. The summed E-state index contributed by atoms with van der Waals surface area (Å²) in [4.78, 5) is 2.91. The summed E-state index contributed by atoms with van der Waals surface area (Å²) in [5.41, 5.74) is 5.84. The van der Waals surface area contributed by atoms with Gasteiger partial charge in [-0.15, -0.1) is 0 Å². The molecule has 1 heterocycles. The number of hydrogen-bond donors (Lipinski definition) is 0. The first kappa shape index (κ1) is 14.5. The Morgan fingerprint density at radius 1 is 1.22 bits per heavy atom. The van der Waals surface area contributed by atoms with Crippen LogP contribution >= 0.6 is 0 Å². The molecule has 0 spiro atoms. The lowest BCUT2D eigenvalue weighted by Gasteiger charge is -2.61. The third-order valence-corrected chi connectivity index (χ3v) is 7.95. The van der Waals surface area contributed by atoms with Crippen molar-refractivity contribution in [3.8, 4) is 0 Å². The minimum absolute atomic E-state index is 0.469. The van der Waals surface area contributed by atoms with Gasteiger partial charge in [0.2, 0.25) is 0 Å². The van der Waals surface area contributed by atoms with Crippen LogP contribution in [0.25, 0.3) is 0 Å². The number of nitrogens with zero attached hydrogens (tertiary/aromatic N) is 1. The maximum Gasteiger partial charge on any atom is 0.0198 e. The number of benzene rings is 1. The first-order chi connectivity index (χ1) is 11.0. The molecule has 1 heteroatoms. The molecule has 1 aromatic rings. The van der Waals surface area contributed by atoms with Crippen molar-refractivity contribution in [1.82, 2.24) is 4.90 Å². The van der Waals surface area contributed by atoms with E-state index in [2.05, 4.69) is 43.9 Å². The summed E-state index contributed by atoms with van der Waals surface area (Å²) in [6, 6.07) is 8.15. The molecule has 23 heavy (non-hydrogen) atoms. The first-order valence-corrected chi connectivity index (χ1v) is 9.86. The van der Waals surface area contributed by atoms with Crippen molar-refractivity contribution in [2.45, 2.75) is 70.8 Å². The smallest absolute Gasteiger partial charge is 0.0198 e. The molecule has 3 fully saturated rings. The van der Waals surface area contributed by atoms with Gasteiger partial charge in [-0.3, -0.25) is 4.90 Å². The number of likely N-dealkylation sites (tertiary alicyclic amines) is 1. The molecule has 3 unspecified atom stereocenters. The van der Waals surface area contributed by atoms with Crippen molar-refractivity contribution in [2.75, 3.05) is 13.1 Å². The molecule has 4 atom stereocenters. The predicted molar refractivity (Wildman–Crippen MR) is 95.8 cm³/mol. The monoisotopic (exact) mass is 309 g/mol. The molecule has 124 valence electrons. The molecule has 0 radical (unpaired) electrons. The Morgan fingerprint density at radius 2 is 2.04 bits per heavy atom. The topological polar surface area (TPSA) is 3.24 Å². The van der Waals surface area contributed by atoms with Gasteiger partial charge < -0.3 is 0 Å². The molecule has 0 aromatic heterocycles. The van der Waals surface area contributed by atoms with Crippen LogP contribution in [0, 0.1) is 24.2 Å². The average Bonchev–Trinajstić information content (AvgIpc) is 3.25. The van der Waals surface area contributed by atoms with Gasteiger partial charge in [-0.1, -0.05) is 37.6 Å². The van der Waals surface area contributed by atoms with Gasteiger partial charge in [0.1, 0.15) is 0 Å². The molecule has 1 nitrogen and oxygen atoms in total. The van der Waals surface area contributed by atoms with E-state index in [0.717, 1.165) is 17.9 Å². The van der Waals surface area contributed by atoms with Crippen LogP contribution in [-0.4, -0.2) is 24.0 Å². The Labute approximate surface area is 141 Å². The minimum atomic E-state index is 0.469. The Bertz CT molecular complexity index is 645. The summed E-state index contributed by atoms with van der Waals surface area (Å²) in [5, 5.41) is 0. The second-order valence-electron chi connectivity index (χ2n) is 9.58. The molecular weight excluding hydrogens is 278 g/mol. The van der Waals surface area contributed by atoms with E-state index in [0.29, 0.717) is 10.8 Å². The summed E-state index contributed by atoms with van der Waals surface area (Å²) >= 11 is 0. The quantitative estimate of drug-likeness (QED) is 0.765. The van der Waals surface area contributed by atoms with Crippen molar-refractivity contribution in [3.63, 3.8) is 0 Å². The van der Waals surface area contributed by atoms with Crippen molar-refractivity contribution < 1.29 is 0 Å². The zero-order valence-electron chi connectivity index (χ0n) is 15.1. The summed E-state index contributed by atoms with van der Waals surface area (Å²) < 4.78 is 0. The zero-order valence-corrected chi connectivity index (χ0v) is 15.1. The van der Waals surface area contributed by atoms with E-state index in [1.54, 1.807) is 11.1 Å². The summed E-state index contributed by atoms with van der Waals surface area (Å²) in [6.07, 6.45) is 8.52. The van der Waals surface area contributed by atoms with Crippen molar-refractivity contribution in [3.05, 3.63) is 34.9 Å². The fourth-order valence-corrected chi connectivity index (χ4v) is 6.83. The number of aryl methyl sites for hydroxylation is 1. The molecule has 1 aliphatic heterocycles. The highest BCUT2D eigenvalue weighted by molar-refractivity contribution is 5.46. The van der Waals surface area contributed by atoms with Crippen LogP contribution in [0.3, 0.4) is 0 Å². The largest absolute Gasteiger partial charge is 0.299 e. The number of piperidine rings is 1. The van der Waals surface area contributed by atoms with Crippen LogP contribution in [0.5, 0.6) is 0 Å². The van der Waals surface area contributed by atoms with E-state index in [4.69, 9.17) is 0 Å². The van der Waals surface area contributed by atoms with Crippen LogP contribution in [0.2, 0.25) is 0 Å². The van der Waals surface area contributed by atoms with Gasteiger partial charge in [0, 0.05) is 18.0 Å². The molecule has 1 saturated heterocycles. The maximum absolute atomic E-state index is 2.91. The standard InChI is InChI=1S/C22H31N/c1-15-4-7-18-11-20-21(3)12-16(2)13-22(21,19(18)10-15)8-9-23(20)14-17-5-6-17/h4,7,10,16-17,20H,5-6,8-9,11-14H2,1-3H3/t16-,20?,21?,22?/m0/s1. The Morgan fingerprint density at radius 3 is 2.83 bits per heavy atom. The highest BCUT2D eigenvalue weighted by Gasteiger charge is 2.64. The van der Waals surface area contributed by atoms with Crippen molar-refractivity contribution in [2.24, 2.45) is 17.3 Å². The van der Waals surface area contributed by atoms with E-state index < -0.39 is 0 Å². The van der Waals surface area contributed by atoms with E-state index in [-0.39, 0.29) is 0 Å². The molecule has 2 saturated carbocycles. The highest BCUT2D eigenvalue weighted by Crippen LogP contribution is 2.66. The molecule has 5 rings (SSSR count). The van der Waals surface area contributed by atoms with Gasteiger partial charge in [0.15, 0.2) is 0 Å². The predicted octanol–water partition coefficient (Wildman–Crippen LogP) is 4.71. The van der Waals surface area contributed by atoms with Crippen LogP contribution in [0.4, 0.5) is 0 Å². The van der Waals surface area contributed by atoms with E-state index in [9.17, 15) is 0 Å². The number of hydrogen-bond acceptors (Lipinski definition) is 1. The van der Waals surface area contributed by atoms with Gasteiger partial charge in [0.25, 0.3) is 0 Å². The minimum Gasteiger partial charge on any atom is -0.299 e. The van der Waals surface area contributed by atoms with Crippen LogP contribution < -0.4 is 0 Å². The molecule has 3 aliphatic carbocycles. The first-order valence-electron chi connectivity index (χ1n) is 9.86. The van der Waals surface area contributed by atoms with Gasteiger partial charge >= 0.3 is 0 Å². The fourth-order valence-electron chi connectivity index (χ4n) is 6.83. The second kappa shape index (κ2) is 4.63. The van der Waals surface area contributed by atoms with E-state index in [1.807, 2.05) is 0 Å². The summed E-state index contributed by atoms with van der Waals surface area (Å²) in [5.74, 6) is 1.90. The van der Waals surface area contributed by atoms with Gasteiger partial charge in [0.05, 0.1) is 0 Å². The van der Waals surface area contributed by atoms with Crippen LogP contribution in [0.15, 0.2) is 18.2 Å². The van der Waals surface area contributed by atoms with Gasteiger partial charge in [-0.2, -0.15) is 0 Å². The molecule has 2 bridgehead atoms. The maximum atomic E-state index is 2.91. The average molecular weight is 309 g/mol. The lowest BCUT2D eigenvalue weighted by Crippen LogP contribution is -2.64. The third-order valence-electron chi connectivity index (χ3n) is 7.95.